The third kappa shape index (κ3) is 3.25. The van der Waals surface area contributed by atoms with E-state index in [2.05, 4.69) is 4.72 Å². The summed E-state index contributed by atoms with van der Waals surface area (Å²) in [4.78, 5) is 0.0862. The van der Waals surface area contributed by atoms with Crippen molar-refractivity contribution in [3.05, 3.63) is 51.6 Å². The molecule has 0 saturated carbocycles. The van der Waals surface area contributed by atoms with E-state index in [4.69, 9.17) is 0 Å². The average Bonchev–Trinajstić information content (AvgIpc) is 3.03. The number of nitrogens with one attached hydrogen (secondary N) is 1. The Morgan fingerprint density at radius 3 is 2.54 bits per heavy atom. The Kier molecular flexibility index (Phi) is 4.63. The second kappa shape index (κ2) is 6.38. The molecule has 0 radical (unpaired) electrons. The molecule has 0 spiro atoms. The van der Waals surface area contributed by atoms with Crippen molar-refractivity contribution < 1.29 is 32.5 Å². The van der Waals surface area contributed by atoms with Gasteiger partial charge in [0, 0.05) is 10.3 Å². The van der Waals surface area contributed by atoms with Crippen LogP contribution in [0.1, 0.15) is 11.1 Å². The second-order valence-electron chi connectivity index (χ2n) is 5.46. The molecular formula is C14H14F3N3O4S2. The number of thiol groups is 1. The van der Waals surface area contributed by atoms with E-state index in [-0.39, 0.29) is 22.9 Å². The van der Waals surface area contributed by atoms with E-state index in [1.165, 1.54) is 22.9 Å². The van der Waals surface area contributed by atoms with E-state index < -0.39 is 45.4 Å². The van der Waals surface area contributed by atoms with Crippen LogP contribution in [0.5, 0.6) is 0 Å². The quantitative estimate of drug-likeness (QED) is 0.416. The van der Waals surface area contributed by atoms with Crippen molar-refractivity contribution in [1.29, 1.82) is 5.26 Å². The zero-order valence-electron chi connectivity index (χ0n) is 12.8. The normalized spacial score (nSPS) is 27.7. The van der Waals surface area contributed by atoms with Crippen LogP contribution in [0.2, 0.25) is 0 Å². The van der Waals surface area contributed by atoms with E-state index in [0.29, 0.717) is 0 Å². The highest BCUT2D eigenvalue weighted by molar-refractivity contribution is 8.22. The van der Waals surface area contributed by atoms with E-state index in [0.717, 1.165) is 10.4 Å². The van der Waals surface area contributed by atoms with Gasteiger partial charge in [-0.3, -0.25) is 9.11 Å². The first kappa shape index (κ1) is 18.9. The maximum absolute atomic E-state index is 13.1. The molecule has 2 atom stereocenters. The molecule has 1 aromatic rings. The molecule has 26 heavy (non-hydrogen) atoms. The highest BCUT2D eigenvalue weighted by Gasteiger charge is 2.40. The molecule has 2 aliphatic rings. The van der Waals surface area contributed by atoms with Crippen molar-refractivity contribution in [2.75, 3.05) is 6.54 Å². The van der Waals surface area contributed by atoms with E-state index >= 15 is 0 Å². The highest BCUT2D eigenvalue weighted by atomic mass is 32.3. The van der Waals surface area contributed by atoms with Crippen molar-refractivity contribution in [3.63, 3.8) is 0 Å². The number of hydrogen-bond donors (Lipinski definition) is 6. The predicted octanol–water partition coefficient (Wildman–Crippen LogP) is 3.00. The Morgan fingerprint density at radius 2 is 2.00 bits per heavy atom. The van der Waals surface area contributed by atoms with Crippen LogP contribution in [-0.4, -0.2) is 36.4 Å². The molecule has 2 aliphatic heterocycles. The van der Waals surface area contributed by atoms with Gasteiger partial charge in [-0.2, -0.15) is 34.1 Å². The fourth-order valence-electron chi connectivity index (χ4n) is 2.65. The number of rotatable bonds is 2. The van der Waals surface area contributed by atoms with Gasteiger partial charge >= 0.3 is 6.18 Å². The molecule has 7 nitrogen and oxygen atoms in total. The summed E-state index contributed by atoms with van der Waals surface area (Å²) in [6, 6.07) is 4.90. The number of nitriles is 1. The summed E-state index contributed by atoms with van der Waals surface area (Å²) in [6.07, 6.45) is -5.95. The van der Waals surface area contributed by atoms with Crippen LogP contribution in [0.3, 0.4) is 0 Å². The molecule has 3 rings (SSSR count). The lowest BCUT2D eigenvalue weighted by Crippen LogP contribution is -2.25. The third-order valence-electron chi connectivity index (χ3n) is 3.73. The summed E-state index contributed by atoms with van der Waals surface area (Å²) in [6.45, 7) is -0.233. The van der Waals surface area contributed by atoms with Crippen molar-refractivity contribution in [1.82, 2.24) is 9.03 Å². The molecule has 2 unspecified atom stereocenters. The molecule has 1 aromatic carbocycles. The van der Waals surface area contributed by atoms with Gasteiger partial charge in [0.15, 0.2) is 0 Å². The van der Waals surface area contributed by atoms with E-state index in [1.54, 1.807) is 6.07 Å². The number of aliphatic hydroxyl groups excluding tert-OH is 2. The lowest BCUT2D eigenvalue weighted by Gasteiger charge is -2.37. The Bertz CT molecular complexity index is 851. The summed E-state index contributed by atoms with van der Waals surface area (Å²) in [5.74, 6) is -0.367. The van der Waals surface area contributed by atoms with Crippen molar-refractivity contribution in [2.45, 2.75) is 17.3 Å². The number of alkyl halides is 3. The van der Waals surface area contributed by atoms with Gasteiger partial charge in [-0.25, -0.2) is 4.31 Å². The van der Waals surface area contributed by atoms with Gasteiger partial charge in [0.25, 0.3) is 0 Å². The Balaban J connectivity index is 2.03. The first-order valence-electron chi connectivity index (χ1n) is 7.07. The topological polar surface area (TPSA) is 120 Å². The minimum atomic E-state index is -4.70. The summed E-state index contributed by atoms with van der Waals surface area (Å²) in [5.41, 5.74) is -1.64. The number of nitrogens with zero attached hydrogens (tertiary/aromatic N) is 2. The molecule has 0 aliphatic carbocycles. The smallest absolute Gasteiger partial charge is 0.417 e. The monoisotopic (exact) mass is 409 g/mol. The first-order valence-corrected chi connectivity index (χ1v) is 10.1. The minimum absolute atomic E-state index is 0.0264. The largest absolute Gasteiger partial charge is 0.505 e. The highest BCUT2D eigenvalue weighted by Crippen LogP contribution is 2.55. The van der Waals surface area contributed by atoms with Crippen molar-refractivity contribution in [2.24, 2.45) is 0 Å². The van der Waals surface area contributed by atoms with Gasteiger partial charge in [-0.15, -0.1) is 0 Å². The summed E-state index contributed by atoms with van der Waals surface area (Å²) in [7, 11) is -5.21. The average molecular weight is 409 g/mol. The van der Waals surface area contributed by atoms with Crippen molar-refractivity contribution >= 4 is 21.9 Å². The molecule has 0 aromatic heterocycles. The van der Waals surface area contributed by atoms with Crippen LogP contribution in [0.15, 0.2) is 45.4 Å². The van der Waals surface area contributed by atoms with Crippen LogP contribution in [0.4, 0.5) is 13.2 Å². The van der Waals surface area contributed by atoms with Gasteiger partial charge in [0.1, 0.15) is 23.8 Å². The summed E-state index contributed by atoms with van der Waals surface area (Å²) < 4.78 is 62.3. The first-order chi connectivity index (χ1) is 12.0. The van der Waals surface area contributed by atoms with Crippen LogP contribution in [0.25, 0.3) is 0 Å². The Hall–Kier alpha value is -1.88. The Morgan fingerprint density at radius 1 is 1.31 bits per heavy atom. The standard InChI is InChI=1S/C14H14F3N3O4S2/c15-14(16,17)9-2-1-3-12(8(9)4-18)25-6-10(11(21)7-25)20-5-13(22)19-26(20,23)24/h1-3,6-7,13,19,21-25H,5H2. The van der Waals surface area contributed by atoms with Crippen LogP contribution >= 0.6 is 21.9 Å². The molecule has 2 heterocycles. The van der Waals surface area contributed by atoms with Gasteiger partial charge in [-0.1, -0.05) is 17.0 Å². The predicted molar refractivity (Wildman–Crippen MR) is 90.9 cm³/mol. The molecule has 0 amide bonds. The SMILES string of the molecule is N#Cc1c([SH]2C=C(O)C(N3CC(O)NS3(O)O)=C2)cccc1C(F)(F)F. The number of benzene rings is 1. The molecule has 1 saturated heterocycles. The maximum atomic E-state index is 13.1. The van der Waals surface area contributed by atoms with Crippen LogP contribution in [-0.2, 0) is 6.18 Å². The minimum Gasteiger partial charge on any atom is -0.505 e. The fraction of sp³-hybridized carbons (Fsp3) is 0.214. The molecule has 1 fully saturated rings. The zero-order valence-corrected chi connectivity index (χ0v) is 14.6. The Labute approximate surface area is 150 Å². The zero-order chi connectivity index (χ0) is 19.3. The fourth-order valence-corrected chi connectivity index (χ4v) is 6.04. The molecular weight excluding hydrogens is 395 g/mol. The number of hydrogen-bond acceptors (Lipinski definition) is 7. The van der Waals surface area contributed by atoms with Gasteiger partial charge in [-0.05, 0) is 17.5 Å². The third-order valence-corrected chi connectivity index (χ3v) is 7.26. The molecule has 0 bridgehead atoms. The van der Waals surface area contributed by atoms with Crippen LogP contribution in [0, 0.1) is 11.3 Å². The van der Waals surface area contributed by atoms with Gasteiger partial charge in [0.05, 0.1) is 17.7 Å². The van der Waals surface area contributed by atoms with Crippen molar-refractivity contribution in [3.8, 4) is 6.07 Å². The second-order valence-corrected chi connectivity index (χ2v) is 8.99. The van der Waals surface area contributed by atoms with Gasteiger partial charge < -0.3 is 10.2 Å². The number of β-amino-alcohol motifs (C(OH)–C–C–N with tert-alkyl or cyclic N) is 1. The molecule has 5 N–H and O–H groups in total. The molecule has 142 valence electrons. The van der Waals surface area contributed by atoms with Gasteiger partial charge in [0.2, 0.25) is 0 Å². The molecule has 12 heteroatoms. The van der Waals surface area contributed by atoms with E-state index in [1.807, 2.05) is 0 Å². The van der Waals surface area contributed by atoms with E-state index in [9.17, 15) is 37.8 Å². The number of aliphatic hydroxyl groups is 2. The lowest BCUT2D eigenvalue weighted by atomic mass is 10.1. The van der Waals surface area contributed by atoms with Crippen LogP contribution < -0.4 is 4.72 Å². The lowest BCUT2D eigenvalue weighted by molar-refractivity contribution is -0.137. The summed E-state index contributed by atoms with van der Waals surface area (Å²) in [5, 5.41) is 31.5. The maximum Gasteiger partial charge on any atom is 0.417 e. The summed E-state index contributed by atoms with van der Waals surface area (Å²) >= 11 is 0. The number of halogens is 3.